The van der Waals surface area contributed by atoms with Crippen LogP contribution in [0.15, 0.2) is 72.8 Å². The monoisotopic (exact) mass is 470 g/mol. The number of hydrogen-bond acceptors (Lipinski definition) is 2. The molecular formula is C22H16Br2O2. The lowest BCUT2D eigenvalue weighted by Gasteiger charge is -2.09. The van der Waals surface area contributed by atoms with Crippen molar-refractivity contribution in [1.29, 1.82) is 0 Å². The third-order valence-corrected chi connectivity index (χ3v) is 5.45. The fourth-order valence-electron chi connectivity index (χ4n) is 2.68. The molecular weight excluding hydrogens is 456 g/mol. The zero-order chi connectivity index (χ0) is 18.5. The van der Waals surface area contributed by atoms with E-state index in [9.17, 15) is 9.59 Å². The van der Waals surface area contributed by atoms with Crippen LogP contribution < -0.4 is 0 Å². The summed E-state index contributed by atoms with van der Waals surface area (Å²) in [5.74, 6) is -0.292. The van der Waals surface area contributed by atoms with Gasteiger partial charge in [0.05, 0.1) is 0 Å². The summed E-state index contributed by atoms with van der Waals surface area (Å²) in [6.07, 6.45) is 0. The molecule has 0 aliphatic rings. The summed E-state index contributed by atoms with van der Waals surface area (Å²) in [6.45, 7) is 0. The molecule has 0 spiro atoms. The fraction of sp³-hybridized carbons (Fsp3) is 0.0909. The van der Waals surface area contributed by atoms with Crippen LogP contribution in [0.25, 0.3) is 0 Å². The van der Waals surface area contributed by atoms with Gasteiger partial charge in [-0.25, -0.2) is 0 Å². The van der Waals surface area contributed by atoms with E-state index in [1.165, 1.54) is 0 Å². The summed E-state index contributed by atoms with van der Waals surface area (Å²) < 4.78 is 0. The molecule has 0 aromatic heterocycles. The van der Waals surface area contributed by atoms with Gasteiger partial charge in [0.15, 0.2) is 11.6 Å². The van der Waals surface area contributed by atoms with E-state index in [-0.39, 0.29) is 11.6 Å². The van der Waals surface area contributed by atoms with Gasteiger partial charge in [0.2, 0.25) is 0 Å². The Balaban J connectivity index is 1.96. The molecule has 0 atom stereocenters. The van der Waals surface area contributed by atoms with Crippen molar-refractivity contribution in [1.82, 2.24) is 0 Å². The van der Waals surface area contributed by atoms with E-state index in [4.69, 9.17) is 0 Å². The maximum atomic E-state index is 12.9. The molecule has 0 unspecified atom stereocenters. The van der Waals surface area contributed by atoms with Crippen LogP contribution in [-0.2, 0) is 10.7 Å². The molecule has 2 nitrogen and oxygen atoms in total. The van der Waals surface area contributed by atoms with E-state index in [1.54, 1.807) is 48.5 Å². The third kappa shape index (κ3) is 4.02. The Hall–Kier alpha value is -2.04. The summed E-state index contributed by atoms with van der Waals surface area (Å²) >= 11 is 6.80. The Kier molecular flexibility index (Phi) is 6.17. The quantitative estimate of drug-likeness (QED) is 0.329. The van der Waals surface area contributed by atoms with Crippen LogP contribution in [0.3, 0.4) is 0 Å². The zero-order valence-corrected chi connectivity index (χ0v) is 17.1. The predicted molar refractivity (Wildman–Crippen MR) is 111 cm³/mol. The molecule has 3 rings (SSSR count). The van der Waals surface area contributed by atoms with E-state index >= 15 is 0 Å². The number of carbonyl (C=O) groups excluding carboxylic acids is 2. The fourth-order valence-corrected chi connectivity index (χ4v) is 3.43. The second-order valence-electron chi connectivity index (χ2n) is 5.86. The minimum atomic E-state index is -0.146. The van der Waals surface area contributed by atoms with Gasteiger partial charge >= 0.3 is 0 Å². The summed E-state index contributed by atoms with van der Waals surface area (Å²) in [4.78, 5) is 25.9. The van der Waals surface area contributed by atoms with Crippen LogP contribution in [0.1, 0.15) is 43.0 Å². The number of carbonyl (C=O) groups is 2. The van der Waals surface area contributed by atoms with Crippen LogP contribution in [0.4, 0.5) is 0 Å². The molecule has 4 heteroatoms. The molecule has 0 N–H and O–H groups in total. The maximum absolute atomic E-state index is 12.9. The highest BCUT2D eigenvalue weighted by Crippen LogP contribution is 2.20. The van der Waals surface area contributed by atoms with E-state index in [2.05, 4.69) is 31.9 Å². The first-order valence-corrected chi connectivity index (χ1v) is 10.4. The molecule has 0 fully saturated rings. The van der Waals surface area contributed by atoms with Crippen molar-refractivity contribution in [2.24, 2.45) is 0 Å². The molecule has 26 heavy (non-hydrogen) atoms. The number of ketones is 2. The van der Waals surface area contributed by atoms with Crippen molar-refractivity contribution in [3.8, 4) is 0 Å². The van der Waals surface area contributed by atoms with Gasteiger partial charge in [-0.3, -0.25) is 9.59 Å². The van der Waals surface area contributed by atoms with Crippen LogP contribution in [-0.4, -0.2) is 11.6 Å². The predicted octanol–water partition coefficient (Wildman–Crippen LogP) is 5.94. The van der Waals surface area contributed by atoms with Crippen molar-refractivity contribution < 1.29 is 9.59 Å². The Bertz CT molecular complexity index is 851. The minimum absolute atomic E-state index is 0.146. The first-order valence-electron chi connectivity index (χ1n) is 8.12. The largest absolute Gasteiger partial charge is 0.289 e. The van der Waals surface area contributed by atoms with Gasteiger partial charge in [-0.15, -0.1) is 0 Å². The molecule has 0 heterocycles. The van der Waals surface area contributed by atoms with E-state index in [1.807, 2.05) is 24.3 Å². The Morgan fingerprint density at radius 3 is 1.23 bits per heavy atom. The average Bonchev–Trinajstić information content (AvgIpc) is 2.73. The first-order chi connectivity index (χ1) is 12.6. The highest BCUT2D eigenvalue weighted by molar-refractivity contribution is 9.08. The number of benzene rings is 3. The van der Waals surface area contributed by atoms with Gasteiger partial charge in [0, 0.05) is 32.9 Å². The second-order valence-corrected chi connectivity index (χ2v) is 6.99. The number of alkyl halides is 2. The normalized spacial score (nSPS) is 10.5. The first kappa shape index (κ1) is 18.7. The topological polar surface area (TPSA) is 34.1 Å². The van der Waals surface area contributed by atoms with Crippen molar-refractivity contribution in [2.45, 2.75) is 10.7 Å². The molecule has 0 saturated heterocycles. The van der Waals surface area contributed by atoms with Crippen LogP contribution in [0, 0.1) is 0 Å². The third-order valence-electron chi connectivity index (χ3n) is 4.16. The lowest BCUT2D eigenvalue weighted by molar-refractivity contribution is 0.100. The van der Waals surface area contributed by atoms with Gasteiger partial charge < -0.3 is 0 Å². The number of rotatable bonds is 6. The Morgan fingerprint density at radius 1 is 0.577 bits per heavy atom. The average molecular weight is 472 g/mol. The molecule has 0 saturated carbocycles. The second kappa shape index (κ2) is 8.56. The van der Waals surface area contributed by atoms with Crippen molar-refractivity contribution in [2.75, 3.05) is 0 Å². The minimum Gasteiger partial charge on any atom is -0.289 e. The number of halogens is 2. The highest BCUT2D eigenvalue weighted by Gasteiger charge is 2.19. The Labute approximate surface area is 169 Å². The van der Waals surface area contributed by atoms with Gasteiger partial charge in [0.1, 0.15) is 0 Å². The Morgan fingerprint density at radius 2 is 0.923 bits per heavy atom. The summed E-state index contributed by atoms with van der Waals surface area (Å²) in [7, 11) is 0. The molecule has 130 valence electrons. The van der Waals surface area contributed by atoms with Crippen LogP contribution in [0.2, 0.25) is 0 Å². The molecule has 0 bridgehead atoms. The summed E-state index contributed by atoms with van der Waals surface area (Å²) in [5, 5.41) is 1.47. The smallest absolute Gasteiger partial charge is 0.193 e. The van der Waals surface area contributed by atoms with E-state index < -0.39 is 0 Å². The summed E-state index contributed by atoms with van der Waals surface area (Å²) in [6, 6.07) is 21.8. The van der Waals surface area contributed by atoms with Gasteiger partial charge in [-0.05, 0) is 11.1 Å². The molecule has 0 radical (unpaired) electrons. The van der Waals surface area contributed by atoms with E-state index in [0.29, 0.717) is 22.3 Å². The number of hydrogen-bond donors (Lipinski definition) is 0. The van der Waals surface area contributed by atoms with Crippen molar-refractivity contribution in [3.63, 3.8) is 0 Å². The van der Waals surface area contributed by atoms with Gasteiger partial charge in [0.25, 0.3) is 0 Å². The van der Waals surface area contributed by atoms with E-state index in [0.717, 1.165) is 21.8 Å². The molecule has 3 aromatic carbocycles. The van der Waals surface area contributed by atoms with Gasteiger partial charge in [-0.2, -0.15) is 0 Å². The van der Waals surface area contributed by atoms with Gasteiger partial charge in [-0.1, -0.05) is 105 Å². The van der Waals surface area contributed by atoms with Crippen molar-refractivity contribution in [3.05, 3.63) is 106 Å². The maximum Gasteiger partial charge on any atom is 0.193 e. The standard InChI is InChI=1S/C22H16Br2O2/c23-13-15-5-9-17(10-6-15)21(25)19-3-1-2-4-20(19)22(26)18-11-7-16(14-24)8-12-18/h1-12H,13-14H2. The lowest BCUT2D eigenvalue weighted by atomic mass is 9.93. The molecule has 3 aromatic rings. The molecule has 0 aliphatic heterocycles. The van der Waals surface area contributed by atoms with Crippen LogP contribution in [0.5, 0.6) is 0 Å². The summed E-state index contributed by atoms with van der Waals surface area (Å²) in [5.41, 5.74) is 4.19. The highest BCUT2D eigenvalue weighted by atomic mass is 79.9. The zero-order valence-electron chi connectivity index (χ0n) is 13.9. The van der Waals surface area contributed by atoms with Crippen LogP contribution >= 0.6 is 31.9 Å². The SMILES string of the molecule is O=C(c1ccc(CBr)cc1)c1ccccc1C(=O)c1ccc(CBr)cc1. The molecule has 0 amide bonds. The van der Waals surface area contributed by atoms with Crippen molar-refractivity contribution >= 4 is 43.4 Å². The molecule has 0 aliphatic carbocycles. The lowest BCUT2D eigenvalue weighted by Crippen LogP contribution is -2.11.